The molecule has 1 N–H and O–H groups in total. The average molecular weight is 431 g/mol. The molecule has 0 saturated carbocycles. The Morgan fingerprint density at radius 1 is 0.900 bits per heavy atom. The number of rotatable bonds is 5. The summed E-state index contributed by atoms with van der Waals surface area (Å²) in [4.78, 5) is 36.9. The van der Waals surface area contributed by atoms with Crippen molar-refractivity contribution >= 4 is 29.5 Å². The second kappa shape index (κ2) is 9.56. The van der Waals surface area contributed by atoms with Crippen molar-refractivity contribution in [3.8, 4) is 0 Å². The predicted octanol–water partition coefficient (Wildman–Crippen LogP) is 2.96. The van der Waals surface area contributed by atoms with Crippen LogP contribution in [0.25, 0.3) is 0 Å². The molecule has 0 aromatic heterocycles. The van der Waals surface area contributed by atoms with E-state index in [0.717, 1.165) is 0 Å². The van der Waals surface area contributed by atoms with Gasteiger partial charge in [-0.25, -0.2) is 14.4 Å². The minimum Gasteiger partial charge on any atom is -0.466 e. The van der Waals surface area contributed by atoms with Gasteiger partial charge in [0.1, 0.15) is 12.2 Å². The van der Waals surface area contributed by atoms with Gasteiger partial charge >= 0.3 is 17.9 Å². The first-order valence-electron chi connectivity index (χ1n) is 9.08. The summed E-state index contributed by atoms with van der Waals surface area (Å²) in [5.41, 5.74) is 0.624. The number of aliphatic hydroxyl groups is 1. The Hall–Kier alpha value is -3.16. The fraction of sp³-hybridized carbons (Fsp3) is 0.227. The van der Waals surface area contributed by atoms with Gasteiger partial charge in [0.05, 0.1) is 18.2 Å². The third-order valence-corrected chi connectivity index (χ3v) is 4.79. The Bertz CT molecular complexity index is 953. The van der Waals surface area contributed by atoms with Gasteiger partial charge in [-0.05, 0) is 42.5 Å². The van der Waals surface area contributed by atoms with Gasteiger partial charge in [-0.1, -0.05) is 29.8 Å². The summed E-state index contributed by atoms with van der Waals surface area (Å²) in [6.45, 7) is 0. The summed E-state index contributed by atoms with van der Waals surface area (Å²) >= 11 is 5.82. The first kappa shape index (κ1) is 21.5. The number of methoxy groups -OCH3 is 1. The van der Waals surface area contributed by atoms with Gasteiger partial charge in [0.25, 0.3) is 0 Å². The standard InChI is InChI=1S/C22H19ClO7/c1-28-20(25)15-11-17(29-21(26)13-5-3-2-4-6-13)19(24)18(12-15)30-22(27)14-7-9-16(23)10-8-14/h2-10,12,17-19,24H,11H2,1H3/t17-,18-,19+/m1/s1. The molecule has 1 aliphatic rings. The van der Waals surface area contributed by atoms with Crippen molar-refractivity contribution in [3.05, 3.63) is 82.4 Å². The molecule has 7 nitrogen and oxygen atoms in total. The molecule has 1 aliphatic carbocycles. The van der Waals surface area contributed by atoms with Crippen molar-refractivity contribution in [3.63, 3.8) is 0 Å². The van der Waals surface area contributed by atoms with E-state index < -0.39 is 36.2 Å². The van der Waals surface area contributed by atoms with E-state index in [1.165, 1.54) is 37.5 Å². The van der Waals surface area contributed by atoms with Gasteiger partial charge in [-0.3, -0.25) is 0 Å². The van der Waals surface area contributed by atoms with Gasteiger partial charge in [0.2, 0.25) is 0 Å². The van der Waals surface area contributed by atoms with Gasteiger partial charge in [0, 0.05) is 17.0 Å². The maximum atomic E-state index is 12.4. The topological polar surface area (TPSA) is 99.1 Å². The monoisotopic (exact) mass is 430 g/mol. The van der Waals surface area contributed by atoms with Crippen molar-refractivity contribution in [2.24, 2.45) is 0 Å². The average Bonchev–Trinajstić information content (AvgIpc) is 2.76. The molecule has 0 aliphatic heterocycles. The summed E-state index contributed by atoms with van der Waals surface area (Å²) in [7, 11) is 1.20. The van der Waals surface area contributed by atoms with Crippen molar-refractivity contribution in [1.82, 2.24) is 0 Å². The zero-order chi connectivity index (χ0) is 21.7. The molecule has 0 bridgehead atoms. The molecule has 2 aromatic carbocycles. The second-order valence-electron chi connectivity index (χ2n) is 6.56. The zero-order valence-corrected chi connectivity index (χ0v) is 16.7. The number of hydrogen-bond acceptors (Lipinski definition) is 7. The van der Waals surface area contributed by atoms with E-state index in [4.69, 9.17) is 25.8 Å². The van der Waals surface area contributed by atoms with Crippen LogP contribution >= 0.6 is 11.6 Å². The van der Waals surface area contributed by atoms with E-state index in [1.807, 2.05) is 0 Å². The van der Waals surface area contributed by atoms with Crippen LogP contribution in [0.4, 0.5) is 0 Å². The molecule has 0 amide bonds. The Morgan fingerprint density at radius 3 is 2.13 bits per heavy atom. The van der Waals surface area contributed by atoms with Crippen LogP contribution in [0.5, 0.6) is 0 Å². The normalized spacial score (nSPS) is 20.6. The van der Waals surface area contributed by atoms with E-state index in [1.54, 1.807) is 30.3 Å². The molecule has 3 atom stereocenters. The zero-order valence-electron chi connectivity index (χ0n) is 16.0. The Kier molecular flexibility index (Phi) is 6.87. The van der Waals surface area contributed by atoms with Crippen molar-refractivity contribution < 1.29 is 33.7 Å². The Morgan fingerprint density at radius 2 is 1.50 bits per heavy atom. The number of halogens is 1. The van der Waals surface area contributed by atoms with Crippen molar-refractivity contribution in [2.75, 3.05) is 7.11 Å². The van der Waals surface area contributed by atoms with Gasteiger partial charge in [-0.15, -0.1) is 0 Å². The SMILES string of the molecule is COC(=O)C1=C[C@@H](OC(=O)c2ccc(Cl)cc2)[C@@H](O)[C@H](OC(=O)c2ccccc2)C1. The van der Waals surface area contributed by atoms with Crippen LogP contribution in [0.15, 0.2) is 66.2 Å². The first-order chi connectivity index (χ1) is 14.4. The molecule has 0 saturated heterocycles. The summed E-state index contributed by atoms with van der Waals surface area (Å²) in [5, 5.41) is 11.1. The number of hydrogen-bond donors (Lipinski definition) is 1. The molecular formula is C22H19ClO7. The highest BCUT2D eigenvalue weighted by molar-refractivity contribution is 6.30. The summed E-state index contributed by atoms with van der Waals surface area (Å²) in [5.74, 6) is -2.07. The van der Waals surface area contributed by atoms with E-state index in [2.05, 4.69) is 0 Å². The van der Waals surface area contributed by atoms with Gasteiger partial charge < -0.3 is 19.3 Å². The lowest BCUT2D eigenvalue weighted by atomic mass is 9.91. The minimum absolute atomic E-state index is 0.0819. The largest absolute Gasteiger partial charge is 0.466 e. The fourth-order valence-corrected chi connectivity index (χ4v) is 3.09. The second-order valence-corrected chi connectivity index (χ2v) is 7.00. The molecule has 0 heterocycles. The number of benzene rings is 2. The van der Waals surface area contributed by atoms with Crippen LogP contribution in [0.2, 0.25) is 5.02 Å². The lowest BCUT2D eigenvalue weighted by molar-refractivity contribution is -0.137. The van der Waals surface area contributed by atoms with Crippen LogP contribution in [0.1, 0.15) is 27.1 Å². The van der Waals surface area contributed by atoms with E-state index in [0.29, 0.717) is 5.02 Å². The molecule has 3 rings (SSSR count). The van der Waals surface area contributed by atoms with Gasteiger partial charge in [0.15, 0.2) is 6.10 Å². The minimum atomic E-state index is -1.37. The third kappa shape index (κ3) is 5.06. The number of aliphatic hydroxyl groups excluding tert-OH is 1. The van der Waals surface area contributed by atoms with Crippen LogP contribution < -0.4 is 0 Å². The summed E-state index contributed by atoms with van der Waals surface area (Å²) in [6.07, 6.45) is -2.48. The highest BCUT2D eigenvalue weighted by Gasteiger charge is 2.39. The van der Waals surface area contributed by atoms with E-state index in [-0.39, 0.29) is 23.1 Å². The molecular weight excluding hydrogens is 412 g/mol. The smallest absolute Gasteiger partial charge is 0.338 e. The molecule has 0 radical (unpaired) electrons. The summed E-state index contributed by atoms with van der Waals surface area (Å²) in [6, 6.07) is 14.2. The quantitative estimate of drug-likeness (QED) is 0.575. The van der Waals surface area contributed by atoms with Crippen molar-refractivity contribution in [1.29, 1.82) is 0 Å². The highest BCUT2D eigenvalue weighted by atomic mass is 35.5. The fourth-order valence-electron chi connectivity index (χ4n) is 2.97. The Balaban J connectivity index is 1.80. The number of carbonyl (C=O) groups excluding carboxylic acids is 3. The summed E-state index contributed by atoms with van der Waals surface area (Å²) < 4.78 is 15.5. The molecule has 0 spiro atoms. The van der Waals surface area contributed by atoms with Crippen LogP contribution in [0.3, 0.4) is 0 Å². The predicted molar refractivity (Wildman–Crippen MR) is 107 cm³/mol. The molecule has 0 fully saturated rings. The molecule has 156 valence electrons. The van der Waals surface area contributed by atoms with E-state index in [9.17, 15) is 19.5 Å². The highest BCUT2D eigenvalue weighted by Crippen LogP contribution is 2.26. The van der Waals surface area contributed by atoms with Gasteiger partial charge in [-0.2, -0.15) is 0 Å². The molecule has 30 heavy (non-hydrogen) atoms. The first-order valence-corrected chi connectivity index (χ1v) is 9.46. The molecule has 8 heteroatoms. The lowest BCUT2D eigenvalue weighted by Crippen LogP contribution is -2.45. The molecule has 2 aromatic rings. The van der Waals surface area contributed by atoms with Crippen molar-refractivity contribution in [2.45, 2.75) is 24.7 Å². The third-order valence-electron chi connectivity index (χ3n) is 4.54. The van der Waals surface area contributed by atoms with Crippen LogP contribution in [0, 0.1) is 0 Å². The maximum absolute atomic E-state index is 12.4. The van der Waals surface area contributed by atoms with Crippen LogP contribution in [-0.4, -0.2) is 48.4 Å². The number of carbonyl (C=O) groups is 3. The number of ether oxygens (including phenoxy) is 3. The molecule has 0 unspecified atom stereocenters. The van der Waals surface area contributed by atoms with Crippen LogP contribution in [-0.2, 0) is 19.0 Å². The lowest BCUT2D eigenvalue weighted by Gasteiger charge is -2.32. The number of esters is 3. The Labute approximate surface area is 177 Å². The maximum Gasteiger partial charge on any atom is 0.338 e. The van der Waals surface area contributed by atoms with E-state index >= 15 is 0 Å².